The zero-order valence-electron chi connectivity index (χ0n) is 42.1. The summed E-state index contributed by atoms with van der Waals surface area (Å²) in [5.74, 6) is 0.220. The molecule has 0 bridgehead atoms. The standard InChI is InChI=1S/C59H40F6N2O2.C3H8.C2H6/c1-4-33(2)41-10-6-12-43-45-14-8-16-51(57(45)69-55(41)43)67(40-27-23-38(24-28-40)59(63,64)65)49-32-20-36-17-29-46-48(31-19-35-18-30-47(49)53(36)52(35)46)66(39-25-21-37(22-26-39)58(60,61)62)50-15-7-13-44-42-11-5-9-34(3)54(42)68-56(44)50;1-3-2;1-2/h5-33H,4H2,1-3H3;3H2,1-2H3;1-2H3. The van der Waals surface area contributed by atoms with Crippen LogP contribution in [0.4, 0.5) is 60.5 Å². The van der Waals surface area contributed by atoms with Crippen LogP contribution >= 0.6 is 0 Å². The number of halogens is 6. The molecular weight excluding hydrogens is 943 g/mol. The van der Waals surface area contributed by atoms with E-state index < -0.39 is 23.5 Å². The molecule has 10 aromatic carbocycles. The molecule has 0 N–H and O–H groups in total. The van der Waals surface area contributed by atoms with E-state index in [-0.39, 0.29) is 5.92 Å². The molecule has 0 aliphatic rings. The summed E-state index contributed by atoms with van der Waals surface area (Å²) in [7, 11) is 0. The van der Waals surface area contributed by atoms with Crippen LogP contribution in [0.3, 0.4) is 0 Å². The Morgan fingerprint density at radius 2 is 0.797 bits per heavy atom. The molecule has 12 rings (SSSR count). The fraction of sp³-hybridized carbons (Fsp3) is 0.188. The average molecular weight is 997 g/mol. The summed E-state index contributed by atoms with van der Waals surface area (Å²) >= 11 is 0. The topological polar surface area (TPSA) is 32.8 Å². The number of fused-ring (bicyclic) bond motifs is 6. The summed E-state index contributed by atoms with van der Waals surface area (Å²) in [6, 6.07) is 50.3. The van der Waals surface area contributed by atoms with Gasteiger partial charge in [0, 0.05) is 43.7 Å². The highest BCUT2D eigenvalue weighted by Gasteiger charge is 2.33. The molecular formula is C64H54F6N2O2. The van der Waals surface area contributed by atoms with Gasteiger partial charge in [0.05, 0.1) is 33.9 Å². The second kappa shape index (κ2) is 19.5. The first-order valence-corrected chi connectivity index (χ1v) is 25.2. The molecule has 1 atom stereocenters. The largest absolute Gasteiger partial charge is 0.454 e. The Morgan fingerprint density at radius 3 is 1.23 bits per heavy atom. The van der Waals surface area contributed by atoms with Gasteiger partial charge in [0.1, 0.15) is 11.2 Å². The minimum absolute atomic E-state index is 0.220. The van der Waals surface area contributed by atoms with Crippen molar-refractivity contribution in [1.82, 2.24) is 0 Å². The molecule has 2 aromatic heterocycles. The molecule has 0 spiro atoms. The van der Waals surface area contributed by atoms with Gasteiger partial charge in [-0.1, -0.05) is 145 Å². The number of hydrogen-bond donors (Lipinski definition) is 0. The molecule has 0 aliphatic heterocycles. The number of para-hydroxylation sites is 4. The number of anilines is 6. The summed E-state index contributed by atoms with van der Waals surface area (Å²) in [6.07, 6.45) is -6.92. The molecule has 2 heterocycles. The molecule has 0 saturated carbocycles. The Bertz CT molecular complexity index is 3980. The Morgan fingerprint density at radius 1 is 0.419 bits per heavy atom. The lowest BCUT2D eigenvalue weighted by Gasteiger charge is -2.29. The highest BCUT2D eigenvalue weighted by atomic mass is 19.4. The molecule has 374 valence electrons. The molecule has 1 unspecified atom stereocenters. The predicted octanol–water partition coefficient (Wildman–Crippen LogP) is 21.6. The van der Waals surface area contributed by atoms with Crippen LogP contribution in [0.2, 0.25) is 0 Å². The Balaban J connectivity index is 0.00000121. The van der Waals surface area contributed by atoms with E-state index in [1.807, 2.05) is 146 Å². The lowest BCUT2D eigenvalue weighted by atomic mass is 9.91. The SMILES string of the molecule is CC.CCC.CCC(C)c1cccc2c1oc1c(N(c3ccc(C(F)(F)F)cc3)c3ccc4ccc5c(N(c6ccc(C(F)(F)F)cc6)c6cccc7c6oc6c(C)cccc67)ccc6ccc3c4c65)cccc12. The van der Waals surface area contributed by atoms with Crippen molar-refractivity contribution in [1.29, 1.82) is 0 Å². The lowest BCUT2D eigenvalue weighted by molar-refractivity contribution is -0.138. The van der Waals surface area contributed by atoms with Crippen LogP contribution in [0.5, 0.6) is 0 Å². The lowest BCUT2D eigenvalue weighted by Crippen LogP contribution is -2.13. The van der Waals surface area contributed by atoms with E-state index in [0.717, 1.165) is 107 Å². The van der Waals surface area contributed by atoms with Crippen molar-refractivity contribution in [3.8, 4) is 0 Å². The smallest absolute Gasteiger partial charge is 0.416 e. The molecule has 12 aromatic rings. The van der Waals surface area contributed by atoms with Gasteiger partial charge in [-0.2, -0.15) is 26.3 Å². The van der Waals surface area contributed by atoms with Crippen molar-refractivity contribution in [3.05, 3.63) is 192 Å². The number of nitrogens with zero attached hydrogens (tertiary/aromatic N) is 2. The summed E-state index contributed by atoms with van der Waals surface area (Å²) in [5, 5.41) is 8.93. The van der Waals surface area contributed by atoms with Gasteiger partial charge in [0.2, 0.25) is 0 Å². The van der Waals surface area contributed by atoms with Gasteiger partial charge in [-0.15, -0.1) is 0 Å². The minimum atomic E-state index is -4.54. The van der Waals surface area contributed by atoms with Crippen LogP contribution in [0.15, 0.2) is 179 Å². The molecule has 4 nitrogen and oxygen atoms in total. The van der Waals surface area contributed by atoms with E-state index in [1.54, 1.807) is 0 Å². The third-order valence-electron chi connectivity index (χ3n) is 13.9. The zero-order chi connectivity index (χ0) is 52.2. The van der Waals surface area contributed by atoms with Gasteiger partial charge in [-0.3, -0.25) is 0 Å². The van der Waals surface area contributed by atoms with E-state index in [0.29, 0.717) is 45.3 Å². The van der Waals surface area contributed by atoms with Gasteiger partial charge < -0.3 is 18.6 Å². The van der Waals surface area contributed by atoms with E-state index in [2.05, 4.69) is 33.8 Å². The Labute approximate surface area is 425 Å². The average Bonchev–Trinajstić information content (AvgIpc) is 4.00. The second-order valence-corrected chi connectivity index (χ2v) is 18.6. The number of benzene rings is 10. The number of hydrogen-bond acceptors (Lipinski definition) is 4. The number of furan rings is 2. The normalized spacial score (nSPS) is 12.4. The quantitative estimate of drug-likeness (QED) is 0.112. The third kappa shape index (κ3) is 8.40. The molecule has 0 fully saturated rings. The van der Waals surface area contributed by atoms with Crippen molar-refractivity contribution in [2.24, 2.45) is 0 Å². The number of rotatable bonds is 8. The summed E-state index contributed by atoms with van der Waals surface area (Å²) in [4.78, 5) is 3.93. The summed E-state index contributed by atoms with van der Waals surface area (Å²) in [6.45, 7) is 14.5. The number of alkyl halides is 6. The Kier molecular flexibility index (Phi) is 13.0. The number of aryl methyl sites for hydroxylation is 1. The van der Waals surface area contributed by atoms with E-state index >= 15 is 0 Å². The van der Waals surface area contributed by atoms with E-state index in [1.165, 1.54) is 30.7 Å². The van der Waals surface area contributed by atoms with Crippen LogP contribution in [0, 0.1) is 6.92 Å². The molecule has 0 radical (unpaired) electrons. The molecule has 10 heteroatoms. The van der Waals surface area contributed by atoms with Crippen molar-refractivity contribution in [2.75, 3.05) is 9.80 Å². The van der Waals surface area contributed by atoms with Crippen molar-refractivity contribution >= 4 is 110 Å². The van der Waals surface area contributed by atoms with Crippen LogP contribution < -0.4 is 9.80 Å². The first kappa shape index (κ1) is 49.6. The highest BCUT2D eigenvalue weighted by molar-refractivity contribution is 6.29. The minimum Gasteiger partial charge on any atom is -0.454 e. The van der Waals surface area contributed by atoms with Crippen LogP contribution in [0.1, 0.15) is 82.6 Å². The summed E-state index contributed by atoms with van der Waals surface area (Å²) in [5.41, 5.74) is 6.87. The Hall–Kier alpha value is -7.98. The van der Waals surface area contributed by atoms with Gasteiger partial charge in [-0.25, -0.2) is 0 Å². The molecule has 0 amide bonds. The monoisotopic (exact) mass is 996 g/mol. The van der Waals surface area contributed by atoms with Gasteiger partial charge in [-0.05, 0) is 125 Å². The summed E-state index contributed by atoms with van der Waals surface area (Å²) < 4.78 is 98.0. The van der Waals surface area contributed by atoms with Crippen molar-refractivity contribution in [3.63, 3.8) is 0 Å². The fourth-order valence-electron chi connectivity index (χ4n) is 10.3. The van der Waals surface area contributed by atoms with Crippen LogP contribution in [0.25, 0.3) is 76.2 Å². The maximum atomic E-state index is 14.1. The highest BCUT2D eigenvalue weighted by Crippen LogP contribution is 2.51. The van der Waals surface area contributed by atoms with Crippen molar-refractivity contribution in [2.45, 2.75) is 79.6 Å². The van der Waals surface area contributed by atoms with Gasteiger partial charge in [0.25, 0.3) is 0 Å². The first-order chi connectivity index (χ1) is 35.7. The maximum absolute atomic E-state index is 14.1. The van der Waals surface area contributed by atoms with Gasteiger partial charge >= 0.3 is 12.4 Å². The van der Waals surface area contributed by atoms with Crippen LogP contribution in [-0.4, -0.2) is 0 Å². The second-order valence-electron chi connectivity index (χ2n) is 18.6. The molecule has 74 heavy (non-hydrogen) atoms. The fourth-order valence-corrected chi connectivity index (χ4v) is 10.3. The third-order valence-corrected chi connectivity index (χ3v) is 13.9. The molecule has 0 aliphatic carbocycles. The predicted molar refractivity (Wildman–Crippen MR) is 295 cm³/mol. The van der Waals surface area contributed by atoms with E-state index in [9.17, 15) is 26.3 Å². The first-order valence-electron chi connectivity index (χ1n) is 25.2. The maximum Gasteiger partial charge on any atom is 0.416 e. The van der Waals surface area contributed by atoms with Crippen LogP contribution in [-0.2, 0) is 12.4 Å². The van der Waals surface area contributed by atoms with Crippen molar-refractivity contribution < 1.29 is 35.2 Å². The van der Waals surface area contributed by atoms with Gasteiger partial charge in [0.15, 0.2) is 11.2 Å². The zero-order valence-corrected chi connectivity index (χ0v) is 42.1. The van der Waals surface area contributed by atoms with E-state index in [4.69, 9.17) is 8.83 Å². The molecule has 0 saturated heterocycles.